The van der Waals surface area contributed by atoms with Crippen LogP contribution in [-0.4, -0.2) is 12.5 Å². The molecule has 22 heavy (non-hydrogen) atoms. The lowest BCUT2D eigenvalue weighted by molar-refractivity contribution is -0.112. The first-order valence-electron chi connectivity index (χ1n) is 6.84. The smallest absolute Gasteiger partial charge is 0.266 e. The molecule has 4 nitrogen and oxygen atoms in total. The summed E-state index contributed by atoms with van der Waals surface area (Å²) in [6.07, 6.45) is 1.61. The maximum atomic E-state index is 12.2. The van der Waals surface area contributed by atoms with Crippen molar-refractivity contribution in [2.75, 3.05) is 11.9 Å². The van der Waals surface area contributed by atoms with Gasteiger partial charge in [0.25, 0.3) is 5.91 Å². The minimum atomic E-state index is -0.417. The van der Waals surface area contributed by atoms with Crippen molar-refractivity contribution in [1.82, 2.24) is 0 Å². The molecule has 0 aliphatic carbocycles. The molecule has 2 rings (SSSR count). The topological polar surface area (TPSA) is 62.1 Å². The van der Waals surface area contributed by atoms with Crippen molar-refractivity contribution in [3.05, 3.63) is 51.7 Å². The first-order chi connectivity index (χ1) is 10.6. The Morgan fingerprint density at radius 3 is 2.64 bits per heavy atom. The fourth-order valence-electron chi connectivity index (χ4n) is 1.81. The first kappa shape index (κ1) is 15.8. The van der Waals surface area contributed by atoms with Crippen LogP contribution in [0.3, 0.4) is 0 Å². The van der Waals surface area contributed by atoms with Crippen LogP contribution in [0.2, 0.25) is 0 Å². The van der Waals surface area contributed by atoms with E-state index in [4.69, 9.17) is 4.74 Å². The van der Waals surface area contributed by atoms with Crippen molar-refractivity contribution in [3.63, 3.8) is 0 Å². The van der Waals surface area contributed by atoms with Gasteiger partial charge in [-0.05, 0) is 61.2 Å². The van der Waals surface area contributed by atoms with Gasteiger partial charge in [0.2, 0.25) is 0 Å². The van der Waals surface area contributed by atoms with Crippen molar-refractivity contribution < 1.29 is 9.53 Å². The van der Waals surface area contributed by atoms with Gasteiger partial charge in [-0.3, -0.25) is 4.79 Å². The van der Waals surface area contributed by atoms with E-state index in [9.17, 15) is 10.1 Å². The summed E-state index contributed by atoms with van der Waals surface area (Å²) >= 11 is 1.50. The first-order valence-corrected chi connectivity index (χ1v) is 7.72. The van der Waals surface area contributed by atoms with Gasteiger partial charge < -0.3 is 10.1 Å². The maximum absolute atomic E-state index is 12.2. The van der Waals surface area contributed by atoms with Crippen LogP contribution in [0.15, 0.2) is 41.3 Å². The average Bonchev–Trinajstić information content (AvgIpc) is 2.92. The molecule has 0 fully saturated rings. The molecule has 2 aromatic rings. The predicted octanol–water partition coefficient (Wildman–Crippen LogP) is 4.00. The molecular weight excluding hydrogens is 296 g/mol. The monoisotopic (exact) mass is 312 g/mol. The van der Waals surface area contributed by atoms with E-state index in [1.165, 1.54) is 11.3 Å². The highest BCUT2D eigenvalue weighted by atomic mass is 32.1. The van der Waals surface area contributed by atoms with Crippen LogP contribution in [-0.2, 0) is 4.79 Å². The number of anilines is 1. The third-order valence-electron chi connectivity index (χ3n) is 2.97. The lowest BCUT2D eigenvalue weighted by Crippen LogP contribution is -2.13. The molecule has 1 heterocycles. The van der Waals surface area contributed by atoms with Crippen LogP contribution in [0.25, 0.3) is 6.08 Å². The second-order valence-corrected chi connectivity index (χ2v) is 5.50. The number of hydrogen-bond donors (Lipinski definition) is 1. The summed E-state index contributed by atoms with van der Waals surface area (Å²) in [6.45, 7) is 4.45. The summed E-state index contributed by atoms with van der Waals surface area (Å²) < 4.78 is 5.34. The third-order valence-corrected chi connectivity index (χ3v) is 3.93. The van der Waals surface area contributed by atoms with E-state index in [0.717, 1.165) is 16.2 Å². The number of nitrogens with zero attached hydrogens (tertiary/aromatic N) is 1. The number of carbonyl (C=O) groups excluding carboxylic acids is 1. The Balaban J connectivity index is 2.11. The zero-order chi connectivity index (χ0) is 15.9. The molecule has 0 saturated carbocycles. The summed E-state index contributed by atoms with van der Waals surface area (Å²) in [5.41, 5.74) is 1.75. The standard InChI is InChI=1S/C17H16N2O2S/c1-3-21-15-6-4-14(5-7-15)19-17(20)13(11-18)10-16-12(2)8-9-22-16/h4-10H,3H2,1-2H3,(H,19,20)/b13-10-. The number of amides is 1. The quantitative estimate of drug-likeness (QED) is 0.670. The minimum absolute atomic E-state index is 0.0828. The van der Waals surface area contributed by atoms with Gasteiger partial charge >= 0.3 is 0 Å². The molecule has 1 aromatic heterocycles. The number of carbonyl (C=O) groups is 1. The lowest BCUT2D eigenvalue weighted by Gasteiger charge is -2.06. The number of ether oxygens (including phenoxy) is 1. The zero-order valence-electron chi connectivity index (χ0n) is 12.4. The number of nitriles is 1. The molecular formula is C17H16N2O2S. The van der Waals surface area contributed by atoms with Crippen molar-refractivity contribution in [2.24, 2.45) is 0 Å². The van der Waals surface area contributed by atoms with Crippen molar-refractivity contribution >= 4 is 29.0 Å². The Morgan fingerprint density at radius 1 is 1.36 bits per heavy atom. The summed E-state index contributed by atoms with van der Waals surface area (Å²) in [6, 6.07) is 10.9. The van der Waals surface area contributed by atoms with E-state index in [-0.39, 0.29) is 5.57 Å². The van der Waals surface area contributed by atoms with Crippen LogP contribution in [0.4, 0.5) is 5.69 Å². The highest BCUT2D eigenvalue weighted by molar-refractivity contribution is 7.11. The minimum Gasteiger partial charge on any atom is -0.494 e. The van der Waals surface area contributed by atoms with E-state index in [1.54, 1.807) is 30.3 Å². The van der Waals surface area contributed by atoms with Crippen LogP contribution >= 0.6 is 11.3 Å². The molecule has 0 unspecified atom stereocenters. The maximum Gasteiger partial charge on any atom is 0.266 e. The van der Waals surface area contributed by atoms with Crippen molar-refractivity contribution in [1.29, 1.82) is 5.26 Å². The molecule has 5 heteroatoms. The number of nitrogens with one attached hydrogen (secondary N) is 1. The van der Waals surface area contributed by atoms with Gasteiger partial charge in [-0.25, -0.2) is 0 Å². The molecule has 0 aliphatic heterocycles. The Morgan fingerprint density at radius 2 is 2.09 bits per heavy atom. The predicted molar refractivity (Wildman–Crippen MR) is 88.9 cm³/mol. The molecule has 0 spiro atoms. The van der Waals surface area contributed by atoms with Gasteiger partial charge in [0, 0.05) is 10.6 Å². The van der Waals surface area contributed by atoms with E-state index >= 15 is 0 Å². The largest absolute Gasteiger partial charge is 0.494 e. The van der Waals surface area contributed by atoms with E-state index in [0.29, 0.717) is 12.3 Å². The Labute approximate surface area is 133 Å². The zero-order valence-corrected chi connectivity index (χ0v) is 13.2. The summed E-state index contributed by atoms with van der Waals surface area (Å²) in [5.74, 6) is 0.324. The van der Waals surface area contributed by atoms with Crippen LogP contribution in [0.1, 0.15) is 17.4 Å². The fourth-order valence-corrected chi connectivity index (χ4v) is 2.67. The van der Waals surface area contributed by atoms with Gasteiger partial charge in [-0.15, -0.1) is 11.3 Å². The molecule has 0 bridgehead atoms. The van der Waals surface area contributed by atoms with Crippen LogP contribution in [0, 0.1) is 18.3 Å². The SMILES string of the molecule is CCOc1ccc(NC(=O)/C(C#N)=C\c2sccc2C)cc1. The number of rotatable bonds is 5. The molecule has 0 radical (unpaired) electrons. The molecule has 1 aromatic carbocycles. The second-order valence-electron chi connectivity index (χ2n) is 4.55. The summed E-state index contributed by atoms with van der Waals surface area (Å²) in [5, 5.41) is 13.8. The lowest BCUT2D eigenvalue weighted by atomic mass is 10.2. The normalized spacial score (nSPS) is 10.9. The summed E-state index contributed by atoms with van der Waals surface area (Å²) in [4.78, 5) is 13.1. The summed E-state index contributed by atoms with van der Waals surface area (Å²) in [7, 11) is 0. The molecule has 1 N–H and O–H groups in total. The second kappa shape index (κ2) is 7.43. The molecule has 1 amide bonds. The Bertz CT molecular complexity index is 724. The van der Waals surface area contributed by atoms with Crippen LogP contribution in [0.5, 0.6) is 5.75 Å². The van der Waals surface area contributed by atoms with Crippen molar-refractivity contribution in [3.8, 4) is 11.8 Å². The Hall–Kier alpha value is -2.58. The number of benzene rings is 1. The van der Waals surface area contributed by atoms with Gasteiger partial charge in [0.05, 0.1) is 6.61 Å². The number of hydrogen-bond acceptors (Lipinski definition) is 4. The molecule has 0 aliphatic rings. The van der Waals surface area contributed by atoms with Gasteiger partial charge in [0.1, 0.15) is 17.4 Å². The number of thiophene rings is 1. The molecule has 0 atom stereocenters. The van der Waals surface area contributed by atoms with Gasteiger partial charge in [-0.1, -0.05) is 0 Å². The molecule has 0 saturated heterocycles. The van der Waals surface area contributed by atoms with E-state index in [2.05, 4.69) is 5.32 Å². The van der Waals surface area contributed by atoms with Crippen molar-refractivity contribution in [2.45, 2.75) is 13.8 Å². The van der Waals surface area contributed by atoms with E-state index in [1.807, 2.05) is 31.4 Å². The van der Waals surface area contributed by atoms with Gasteiger partial charge in [0.15, 0.2) is 0 Å². The average molecular weight is 312 g/mol. The third kappa shape index (κ3) is 3.96. The molecule has 112 valence electrons. The van der Waals surface area contributed by atoms with Crippen LogP contribution < -0.4 is 10.1 Å². The number of aryl methyl sites for hydroxylation is 1. The fraction of sp³-hybridized carbons (Fsp3) is 0.176. The highest BCUT2D eigenvalue weighted by Gasteiger charge is 2.10. The Kier molecular flexibility index (Phi) is 5.34. The van der Waals surface area contributed by atoms with E-state index < -0.39 is 5.91 Å². The van der Waals surface area contributed by atoms with Gasteiger partial charge in [-0.2, -0.15) is 5.26 Å². The highest BCUT2D eigenvalue weighted by Crippen LogP contribution is 2.20.